The van der Waals surface area contributed by atoms with Crippen molar-refractivity contribution in [2.75, 3.05) is 0 Å². The van der Waals surface area contributed by atoms with Crippen LogP contribution in [0, 0.1) is 0 Å². The van der Waals surface area contributed by atoms with Gasteiger partial charge in [0.2, 0.25) is 0 Å². The second-order valence-corrected chi connectivity index (χ2v) is 9.80. The van der Waals surface area contributed by atoms with Gasteiger partial charge < -0.3 is 5.11 Å². The van der Waals surface area contributed by atoms with Gasteiger partial charge in [0.25, 0.3) is 0 Å². The summed E-state index contributed by atoms with van der Waals surface area (Å²) in [5, 5.41) is 15.6. The van der Waals surface area contributed by atoms with E-state index in [1.165, 1.54) is 32.7 Å². The van der Waals surface area contributed by atoms with E-state index in [1.54, 1.807) is 12.1 Å². The molecule has 0 fully saturated rings. The van der Waals surface area contributed by atoms with Crippen molar-refractivity contribution in [2.45, 2.75) is 38.0 Å². The average Bonchev–Trinajstić information content (AvgIpc) is 2.83. The third-order valence-corrected chi connectivity index (χ3v) is 7.43. The highest BCUT2D eigenvalue weighted by Crippen LogP contribution is 2.48. The van der Waals surface area contributed by atoms with Crippen molar-refractivity contribution in [1.29, 1.82) is 0 Å². The highest BCUT2D eigenvalue weighted by atomic mass is 16.4. The molecule has 1 aliphatic rings. The van der Waals surface area contributed by atoms with Gasteiger partial charge in [0.15, 0.2) is 0 Å². The first-order chi connectivity index (χ1) is 15.9. The molecule has 0 bridgehead atoms. The maximum atomic E-state index is 11.8. The third kappa shape index (κ3) is 3.03. The Hall–Kier alpha value is -3.72. The number of carboxylic acid groups (broad SMARTS) is 1. The summed E-state index contributed by atoms with van der Waals surface area (Å²) in [6.45, 7) is 4.65. The number of pyridine rings is 1. The molecule has 4 aromatic carbocycles. The number of aromatic carboxylic acids is 1. The second kappa shape index (κ2) is 7.14. The maximum Gasteiger partial charge on any atom is 0.337 e. The van der Waals surface area contributed by atoms with E-state index in [4.69, 9.17) is 4.98 Å². The zero-order chi connectivity index (χ0) is 22.7. The number of fused-ring (bicyclic) bond motifs is 6. The summed E-state index contributed by atoms with van der Waals surface area (Å²) in [7, 11) is 0. The summed E-state index contributed by atoms with van der Waals surface area (Å²) in [5.74, 6) is -0.809. The van der Waals surface area contributed by atoms with Crippen LogP contribution in [0.5, 0.6) is 0 Å². The molecule has 0 radical (unpaired) electrons. The van der Waals surface area contributed by atoms with Gasteiger partial charge in [-0.05, 0) is 63.1 Å². The minimum absolute atomic E-state index is 0.0781. The van der Waals surface area contributed by atoms with E-state index in [0.29, 0.717) is 5.52 Å². The zero-order valence-corrected chi connectivity index (χ0v) is 18.8. The number of nitrogens with zero attached hydrogens (tertiary/aromatic N) is 1. The van der Waals surface area contributed by atoms with E-state index in [0.717, 1.165) is 23.9 Å². The fourth-order valence-electron chi connectivity index (χ4n) is 5.69. The topological polar surface area (TPSA) is 50.2 Å². The molecule has 1 unspecified atom stereocenters. The highest BCUT2D eigenvalue weighted by Gasteiger charge is 2.35. The van der Waals surface area contributed by atoms with Crippen LogP contribution >= 0.6 is 0 Å². The van der Waals surface area contributed by atoms with Crippen LogP contribution in [0.2, 0.25) is 0 Å². The van der Waals surface area contributed by atoms with Gasteiger partial charge in [0.05, 0.1) is 11.1 Å². The van der Waals surface area contributed by atoms with Crippen molar-refractivity contribution in [3.8, 4) is 0 Å². The van der Waals surface area contributed by atoms with E-state index in [9.17, 15) is 9.90 Å². The normalized spacial score (nSPS) is 17.3. The van der Waals surface area contributed by atoms with Gasteiger partial charge >= 0.3 is 5.97 Å². The van der Waals surface area contributed by atoms with Gasteiger partial charge in [0, 0.05) is 17.0 Å². The Balaban J connectivity index is 1.64. The molecule has 162 valence electrons. The van der Waals surface area contributed by atoms with Gasteiger partial charge in [-0.25, -0.2) is 4.79 Å². The SMILES string of the molecule is CC1(C)CCC(c2ccc3cccc(C(=O)O)c3n2)c2c1ccc1c2ccc2ccccc21. The van der Waals surface area contributed by atoms with E-state index in [1.807, 2.05) is 12.1 Å². The van der Waals surface area contributed by atoms with Gasteiger partial charge in [-0.1, -0.05) is 80.6 Å². The van der Waals surface area contributed by atoms with Gasteiger partial charge in [-0.3, -0.25) is 4.98 Å². The van der Waals surface area contributed by atoms with Crippen molar-refractivity contribution in [3.63, 3.8) is 0 Å². The molecule has 5 aromatic rings. The number of para-hydroxylation sites is 1. The van der Waals surface area contributed by atoms with E-state index < -0.39 is 5.97 Å². The standard InChI is InChI=1S/C30H25NO2/c1-30(2)17-16-23(26-15-11-19-7-5-9-24(29(32)33)28(19)31-26)27-22-12-10-18-6-3-4-8-20(18)21(22)13-14-25(27)30/h3-15,23H,16-17H2,1-2H3,(H,32,33). The molecule has 3 heteroatoms. The molecule has 1 aliphatic carbocycles. The van der Waals surface area contributed by atoms with Crippen LogP contribution in [0.3, 0.4) is 0 Å². The predicted molar refractivity (Wildman–Crippen MR) is 134 cm³/mol. The fourth-order valence-corrected chi connectivity index (χ4v) is 5.69. The number of aromatic nitrogens is 1. The van der Waals surface area contributed by atoms with Crippen LogP contribution in [0.25, 0.3) is 32.4 Å². The Morgan fingerprint density at radius 2 is 1.61 bits per heavy atom. The number of benzene rings is 4. The lowest BCUT2D eigenvalue weighted by molar-refractivity contribution is 0.0699. The molecule has 0 saturated carbocycles. The Labute approximate surface area is 192 Å². The molecule has 33 heavy (non-hydrogen) atoms. The second-order valence-electron chi connectivity index (χ2n) is 9.80. The minimum atomic E-state index is -0.938. The summed E-state index contributed by atoms with van der Waals surface area (Å²) < 4.78 is 0. The molecule has 1 atom stereocenters. The summed E-state index contributed by atoms with van der Waals surface area (Å²) in [4.78, 5) is 16.8. The maximum absolute atomic E-state index is 11.8. The highest BCUT2D eigenvalue weighted by molar-refractivity contribution is 6.09. The molecular weight excluding hydrogens is 406 g/mol. The zero-order valence-electron chi connectivity index (χ0n) is 18.8. The minimum Gasteiger partial charge on any atom is -0.478 e. The largest absolute Gasteiger partial charge is 0.478 e. The molecule has 1 N–H and O–H groups in total. The molecule has 0 aliphatic heterocycles. The fraction of sp³-hybridized carbons (Fsp3) is 0.200. The summed E-state index contributed by atoms with van der Waals surface area (Å²) in [6, 6.07) is 27.0. The average molecular weight is 432 g/mol. The van der Waals surface area contributed by atoms with Crippen molar-refractivity contribution >= 4 is 38.4 Å². The molecule has 0 saturated heterocycles. The third-order valence-electron chi connectivity index (χ3n) is 7.43. The molecule has 6 rings (SSSR count). The smallest absolute Gasteiger partial charge is 0.337 e. The molecule has 0 amide bonds. The Morgan fingerprint density at radius 1 is 0.848 bits per heavy atom. The van der Waals surface area contributed by atoms with E-state index >= 15 is 0 Å². The Morgan fingerprint density at radius 3 is 2.45 bits per heavy atom. The van der Waals surface area contributed by atoms with E-state index in [-0.39, 0.29) is 16.9 Å². The van der Waals surface area contributed by atoms with E-state index in [2.05, 4.69) is 68.4 Å². The van der Waals surface area contributed by atoms with Crippen molar-refractivity contribution < 1.29 is 9.90 Å². The summed E-state index contributed by atoms with van der Waals surface area (Å²) >= 11 is 0. The summed E-state index contributed by atoms with van der Waals surface area (Å²) in [5.41, 5.74) is 4.57. The monoisotopic (exact) mass is 431 g/mol. The quantitative estimate of drug-likeness (QED) is 0.295. The lowest BCUT2D eigenvalue weighted by Crippen LogP contribution is -2.27. The van der Waals surface area contributed by atoms with Gasteiger partial charge in [-0.2, -0.15) is 0 Å². The molecule has 3 nitrogen and oxygen atoms in total. The van der Waals surface area contributed by atoms with Crippen LogP contribution in [0.15, 0.2) is 78.9 Å². The van der Waals surface area contributed by atoms with Crippen molar-refractivity contribution in [2.24, 2.45) is 0 Å². The van der Waals surface area contributed by atoms with Crippen molar-refractivity contribution in [3.05, 3.63) is 101 Å². The molecular formula is C30H25NO2. The Bertz CT molecular complexity index is 1580. The lowest BCUT2D eigenvalue weighted by atomic mass is 9.66. The number of rotatable bonds is 2. The van der Waals surface area contributed by atoms with Crippen LogP contribution in [-0.4, -0.2) is 16.1 Å². The number of hydrogen-bond donors (Lipinski definition) is 1. The Kier molecular flexibility index (Phi) is 4.31. The van der Waals surface area contributed by atoms with Gasteiger partial charge in [0.1, 0.15) is 0 Å². The number of carbonyl (C=O) groups is 1. The van der Waals surface area contributed by atoms with Gasteiger partial charge in [-0.15, -0.1) is 0 Å². The van der Waals surface area contributed by atoms with Crippen molar-refractivity contribution in [1.82, 2.24) is 4.98 Å². The van der Waals surface area contributed by atoms with Crippen LogP contribution < -0.4 is 0 Å². The van der Waals surface area contributed by atoms with Crippen LogP contribution in [0.1, 0.15) is 59.8 Å². The number of carboxylic acids is 1. The molecule has 0 spiro atoms. The lowest BCUT2D eigenvalue weighted by Gasteiger charge is -2.38. The summed E-state index contributed by atoms with van der Waals surface area (Å²) in [6.07, 6.45) is 2.05. The first kappa shape index (κ1) is 19.9. The molecule has 1 aromatic heterocycles. The van der Waals surface area contributed by atoms with Crippen LogP contribution in [-0.2, 0) is 5.41 Å². The molecule has 1 heterocycles. The first-order valence-electron chi connectivity index (χ1n) is 11.5. The number of hydrogen-bond acceptors (Lipinski definition) is 2. The van der Waals surface area contributed by atoms with Crippen LogP contribution in [0.4, 0.5) is 0 Å². The predicted octanol–water partition coefficient (Wildman–Crippen LogP) is 7.44. The first-order valence-corrected chi connectivity index (χ1v) is 11.5.